The van der Waals surface area contributed by atoms with Crippen molar-refractivity contribution in [1.82, 2.24) is 19.5 Å². The Kier molecular flexibility index (Phi) is 5.20. The Morgan fingerprint density at radius 3 is 2.72 bits per heavy atom. The molecule has 0 saturated heterocycles. The summed E-state index contributed by atoms with van der Waals surface area (Å²) < 4.78 is 1.98. The molecule has 1 amide bonds. The van der Waals surface area contributed by atoms with Crippen LogP contribution >= 0.6 is 0 Å². The first-order chi connectivity index (χ1) is 15.3. The van der Waals surface area contributed by atoms with Crippen molar-refractivity contribution in [3.63, 3.8) is 0 Å². The molecule has 0 radical (unpaired) electrons. The Morgan fingerprint density at radius 2 is 2.00 bits per heavy atom. The fourth-order valence-electron chi connectivity index (χ4n) is 3.71. The molecule has 0 aliphatic heterocycles. The number of nitrogen functional groups attached to an aromatic ring is 1. The van der Waals surface area contributed by atoms with E-state index in [1.165, 1.54) is 0 Å². The molecule has 4 rings (SSSR count). The van der Waals surface area contributed by atoms with Crippen LogP contribution in [0.5, 0.6) is 0 Å². The van der Waals surface area contributed by atoms with Gasteiger partial charge in [-0.3, -0.25) is 4.79 Å². The van der Waals surface area contributed by atoms with E-state index in [4.69, 9.17) is 16.5 Å². The van der Waals surface area contributed by atoms with E-state index >= 15 is 0 Å². The summed E-state index contributed by atoms with van der Waals surface area (Å²) in [5, 5.41) is 12.8. The number of carbonyl (C=O) groups excluding carboxylic acids is 1. The van der Waals surface area contributed by atoms with Gasteiger partial charge in [0.25, 0.3) is 0 Å². The number of aryl methyl sites for hydroxylation is 2. The van der Waals surface area contributed by atoms with Crippen molar-refractivity contribution in [2.75, 3.05) is 11.1 Å². The van der Waals surface area contributed by atoms with Crippen LogP contribution in [0.1, 0.15) is 40.3 Å². The summed E-state index contributed by atoms with van der Waals surface area (Å²) in [5.41, 5.74) is 16.7. The summed E-state index contributed by atoms with van der Waals surface area (Å²) in [5.74, 6) is -0.0769. The molecule has 0 spiro atoms. The average molecular weight is 426 g/mol. The topological polar surface area (TPSA) is 149 Å². The number of nitrogens with one attached hydrogen (secondary N) is 1. The van der Waals surface area contributed by atoms with Gasteiger partial charge < -0.3 is 21.4 Å². The number of fused-ring (bicyclic) bond motifs is 1. The molecule has 0 unspecified atom stereocenters. The largest absolute Gasteiger partial charge is 0.368 e. The number of hydrogen-bond donors (Lipinski definition) is 3. The Labute approximate surface area is 184 Å². The third-order valence-electron chi connectivity index (χ3n) is 5.34. The van der Waals surface area contributed by atoms with E-state index in [-0.39, 0.29) is 12.0 Å². The highest BCUT2D eigenvalue weighted by Crippen LogP contribution is 2.33. The number of primary amides is 1. The molecule has 3 aromatic heterocycles. The van der Waals surface area contributed by atoms with Crippen LogP contribution in [-0.4, -0.2) is 25.4 Å². The lowest BCUT2D eigenvalue weighted by molar-refractivity contribution is 0.100. The number of nitriles is 1. The van der Waals surface area contributed by atoms with Gasteiger partial charge in [-0.15, -0.1) is 0 Å². The van der Waals surface area contributed by atoms with E-state index in [0.717, 1.165) is 27.9 Å². The van der Waals surface area contributed by atoms with E-state index in [2.05, 4.69) is 21.4 Å². The molecule has 1 atom stereocenters. The lowest BCUT2D eigenvalue weighted by Crippen LogP contribution is -2.15. The molecule has 9 nitrogen and oxygen atoms in total. The quantitative estimate of drug-likeness (QED) is 0.444. The standard InChI is InChI=1S/C23H22N8O/c1-12-17(11-24)22(30-23(26)28-12)27-13(2)20-16(10-19-18(29-20)7-8-31(19)3)14-5-4-6-15(9-14)21(25)32/h4-10,13H,1-3H3,(H2,25,32)(H3,26,27,28,30)/t13-/m0/s1. The minimum Gasteiger partial charge on any atom is -0.368 e. The number of nitrogens with zero attached hydrogens (tertiary/aromatic N) is 5. The maximum absolute atomic E-state index is 11.7. The highest BCUT2D eigenvalue weighted by atomic mass is 16.1. The number of carbonyl (C=O) groups is 1. The Bertz CT molecular complexity index is 1400. The Balaban J connectivity index is 1.87. The zero-order valence-electron chi connectivity index (χ0n) is 17.9. The molecule has 0 aliphatic rings. The predicted molar refractivity (Wildman–Crippen MR) is 123 cm³/mol. The number of hydrogen-bond acceptors (Lipinski definition) is 7. The van der Waals surface area contributed by atoms with Crippen molar-refractivity contribution in [3.05, 3.63) is 65.1 Å². The van der Waals surface area contributed by atoms with E-state index in [0.29, 0.717) is 22.6 Å². The summed E-state index contributed by atoms with van der Waals surface area (Å²) in [4.78, 5) is 24.9. The molecule has 160 valence electrons. The van der Waals surface area contributed by atoms with Crippen LogP contribution in [0.15, 0.2) is 42.6 Å². The minimum absolute atomic E-state index is 0.0806. The van der Waals surface area contributed by atoms with E-state index < -0.39 is 5.91 Å². The average Bonchev–Trinajstić information content (AvgIpc) is 3.12. The minimum atomic E-state index is -0.502. The summed E-state index contributed by atoms with van der Waals surface area (Å²) in [6.45, 7) is 3.63. The zero-order chi connectivity index (χ0) is 23.0. The summed E-state index contributed by atoms with van der Waals surface area (Å²) in [7, 11) is 1.95. The summed E-state index contributed by atoms with van der Waals surface area (Å²) >= 11 is 0. The van der Waals surface area contributed by atoms with Gasteiger partial charge in [0, 0.05) is 24.4 Å². The molecule has 32 heavy (non-hydrogen) atoms. The van der Waals surface area contributed by atoms with Gasteiger partial charge in [0.15, 0.2) is 0 Å². The highest BCUT2D eigenvalue weighted by molar-refractivity contribution is 5.94. The second-order valence-electron chi connectivity index (χ2n) is 7.57. The van der Waals surface area contributed by atoms with Crippen LogP contribution < -0.4 is 16.8 Å². The maximum Gasteiger partial charge on any atom is 0.248 e. The predicted octanol–water partition coefficient (Wildman–Crippen LogP) is 3.06. The molecule has 0 bridgehead atoms. The van der Waals surface area contributed by atoms with E-state index in [1.807, 2.05) is 42.9 Å². The van der Waals surface area contributed by atoms with Gasteiger partial charge in [-0.1, -0.05) is 12.1 Å². The molecule has 1 aromatic carbocycles. The highest BCUT2D eigenvalue weighted by Gasteiger charge is 2.20. The van der Waals surface area contributed by atoms with Crippen LogP contribution in [0.3, 0.4) is 0 Å². The van der Waals surface area contributed by atoms with Gasteiger partial charge in [-0.05, 0) is 43.7 Å². The smallest absolute Gasteiger partial charge is 0.248 e. The molecule has 0 saturated carbocycles. The fourth-order valence-corrected chi connectivity index (χ4v) is 3.71. The van der Waals surface area contributed by atoms with E-state index in [1.54, 1.807) is 25.1 Å². The number of pyridine rings is 1. The number of anilines is 2. The lowest BCUT2D eigenvalue weighted by Gasteiger charge is -2.20. The van der Waals surface area contributed by atoms with Crippen molar-refractivity contribution >= 4 is 28.7 Å². The first kappa shape index (κ1) is 20.8. The van der Waals surface area contributed by atoms with Gasteiger partial charge in [-0.25, -0.2) is 9.97 Å². The zero-order valence-corrected chi connectivity index (χ0v) is 17.9. The van der Waals surface area contributed by atoms with Crippen molar-refractivity contribution in [1.29, 1.82) is 5.26 Å². The van der Waals surface area contributed by atoms with Crippen LogP contribution in [0.4, 0.5) is 11.8 Å². The Hall–Kier alpha value is -4.45. The Morgan fingerprint density at radius 1 is 1.22 bits per heavy atom. The summed E-state index contributed by atoms with van der Waals surface area (Å²) in [6.07, 6.45) is 1.94. The molecule has 0 aliphatic carbocycles. The number of nitrogens with two attached hydrogens (primary N) is 2. The van der Waals surface area contributed by atoms with Crippen LogP contribution in [0.2, 0.25) is 0 Å². The SMILES string of the molecule is Cc1nc(N)nc(N[C@@H](C)c2nc3ccn(C)c3cc2-c2cccc(C(N)=O)c2)c1C#N. The molecular weight excluding hydrogens is 404 g/mol. The van der Waals surface area contributed by atoms with Crippen LogP contribution in [0.25, 0.3) is 22.2 Å². The van der Waals surface area contributed by atoms with Gasteiger partial charge in [-0.2, -0.15) is 10.2 Å². The third kappa shape index (κ3) is 3.70. The fraction of sp³-hybridized carbons (Fsp3) is 0.174. The van der Waals surface area contributed by atoms with Gasteiger partial charge in [0.2, 0.25) is 11.9 Å². The van der Waals surface area contributed by atoms with Crippen LogP contribution in [0, 0.1) is 18.3 Å². The monoisotopic (exact) mass is 426 g/mol. The summed E-state index contributed by atoms with van der Waals surface area (Å²) in [6, 6.07) is 12.9. The number of aromatic nitrogens is 4. The van der Waals surface area contributed by atoms with Gasteiger partial charge in [0.05, 0.1) is 28.5 Å². The molecule has 4 aromatic rings. The first-order valence-electron chi connectivity index (χ1n) is 9.95. The van der Waals surface area contributed by atoms with Crippen LogP contribution in [-0.2, 0) is 7.05 Å². The van der Waals surface area contributed by atoms with Gasteiger partial charge in [0.1, 0.15) is 17.5 Å². The maximum atomic E-state index is 11.7. The van der Waals surface area contributed by atoms with Crippen molar-refractivity contribution in [2.45, 2.75) is 19.9 Å². The number of amides is 1. The third-order valence-corrected chi connectivity index (χ3v) is 5.34. The second kappa shape index (κ2) is 8.00. The lowest BCUT2D eigenvalue weighted by atomic mass is 9.97. The van der Waals surface area contributed by atoms with Crippen molar-refractivity contribution in [3.8, 4) is 17.2 Å². The second-order valence-corrected chi connectivity index (χ2v) is 7.57. The molecular formula is C23H22N8O. The molecule has 9 heteroatoms. The normalized spacial score (nSPS) is 11.8. The number of rotatable bonds is 5. The molecule has 5 N–H and O–H groups in total. The van der Waals surface area contributed by atoms with Crippen molar-refractivity contribution < 1.29 is 4.79 Å². The van der Waals surface area contributed by atoms with E-state index in [9.17, 15) is 10.1 Å². The molecule has 0 fully saturated rings. The molecule has 3 heterocycles. The number of benzene rings is 1. The first-order valence-corrected chi connectivity index (χ1v) is 9.95. The van der Waals surface area contributed by atoms with Crippen molar-refractivity contribution in [2.24, 2.45) is 12.8 Å². The van der Waals surface area contributed by atoms with Gasteiger partial charge >= 0.3 is 0 Å².